The molecule has 3 rings (SSSR count). The normalized spacial score (nSPS) is 21.3. The van der Waals surface area contributed by atoms with Crippen molar-refractivity contribution in [1.82, 2.24) is 4.67 Å². The van der Waals surface area contributed by atoms with Gasteiger partial charge in [0.2, 0.25) is 0 Å². The van der Waals surface area contributed by atoms with Crippen LogP contribution in [0.15, 0.2) is 30.9 Å². The van der Waals surface area contributed by atoms with Crippen molar-refractivity contribution in [3.05, 3.63) is 42.0 Å². The van der Waals surface area contributed by atoms with Crippen molar-refractivity contribution in [1.29, 1.82) is 0 Å². The third-order valence-corrected chi connectivity index (χ3v) is 5.34. The summed E-state index contributed by atoms with van der Waals surface area (Å²) in [5.41, 5.74) is 2.37. The van der Waals surface area contributed by atoms with Crippen LogP contribution in [0, 0.1) is 0 Å². The molecular weight excluding hydrogens is 333 g/mol. The predicted octanol–water partition coefficient (Wildman–Crippen LogP) is 1.68. The van der Waals surface area contributed by atoms with Gasteiger partial charge < -0.3 is 24.4 Å². The van der Waals surface area contributed by atoms with Crippen LogP contribution in [-0.2, 0) is 11.1 Å². The molecule has 2 aliphatic rings. The van der Waals surface area contributed by atoms with Crippen molar-refractivity contribution >= 4 is 13.3 Å². The Hall–Kier alpha value is -1.63. The first-order valence-electron chi connectivity index (χ1n) is 7.53. The van der Waals surface area contributed by atoms with Gasteiger partial charge in [-0.3, -0.25) is 0 Å². The Morgan fingerprint density at radius 2 is 2.29 bits per heavy atom. The van der Waals surface area contributed by atoms with E-state index in [4.69, 9.17) is 9.47 Å². The maximum Gasteiger partial charge on any atom is 0.403 e. The van der Waals surface area contributed by atoms with Gasteiger partial charge in [0.25, 0.3) is 0 Å². The van der Waals surface area contributed by atoms with E-state index in [1.165, 1.54) is 13.2 Å². The van der Waals surface area contributed by atoms with Crippen molar-refractivity contribution in [3.63, 3.8) is 0 Å². The molecule has 0 fully saturated rings. The van der Waals surface area contributed by atoms with Crippen LogP contribution in [-0.4, -0.2) is 45.4 Å². The second kappa shape index (κ2) is 6.35. The topological polar surface area (TPSA) is 99.5 Å². The number of benzene rings is 1. The molecular formula is C16H20NO6P. The number of methoxy groups -OCH3 is 1. The molecule has 2 atom stereocenters. The fourth-order valence-corrected chi connectivity index (χ4v) is 3.72. The van der Waals surface area contributed by atoms with Gasteiger partial charge in [-0.15, -0.1) is 6.58 Å². The Kier molecular flexibility index (Phi) is 4.55. The summed E-state index contributed by atoms with van der Waals surface area (Å²) >= 11 is 0. The van der Waals surface area contributed by atoms with E-state index in [2.05, 4.69) is 6.58 Å². The molecule has 0 aliphatic carbocycles. The van der Waals surface area contributed by atoms with E-state index in [0.717, 1.165) is 21.4 Å². The lowest BCUT2D eigenvalue weighted by Gasteiger charge is -2.21. The van der Waals surface area contributed by atoms with E-state index in [1.54, 1.807) is 18.2 Å². The molecule has 2 aliphatic heterocycles. The zero-order valence-electron chi connectivity index (χ0n) is 13.3. The van der Waals surface area contributed by atoms with Gasteiger partial charge in [-0.1, -0.05) is 18.2 Å². The van der Waals surface area contributed by atoms with Gasteiger partial charge in [0.1, 0.15) is 6.10 Å². The van der Waals surface area contributed by atoms with Crippen LogP contribution in [0.2, 0.25) is 0 Å². The van der Waals surface area contributed by atoms with Crippen molar-refractivity contribution in [3.8, 4) is 11.5 Å². The van der Waals surface area contributed by atoms with Gasteiger partial charge >= 0.3 is 7.75 Å². The van der Waals surface area contributed by atoms with E-state index in [0.29, 0.717) is 17.9 Å². The first kappa shape index (κ1) is 17.2. The lowest BCUT2D eigenvalue weighted by molar-refractivity contribution is 0.155. The maximum atomic E-state index is 11.7. The van der Waals surface area contributed by atoms with Crippen LogP contribution in [0.3, 0.4) is 0 Å². The highest BCUT2D eigenvalue weighted by Crippen LogP contribution is 2.51. The van der Waals surface area contributed by atoms with Crippen molar-refractivity contribution in [2.75, 3.05) is 13.7 Å². The summed E-state index contributed by atoms with van der Waals surface area (Å²) in [4.78, 5) is 19.0. The molecule has 0 aromatic heterocycles. The van der Waals surface area contributed by atoms with E-state index in [9.17, 15) is 19.5 Å². The van der Waals surface area contributed by atoms with Gasteiger partial charge in [0, 0.05) is 30.6 Å². The number of ether oxygens (including phenoxy) is 2. The van der Waals surface area contributed by atoms with Gasteiger partial charge in [-0.05, 0) is 11.6 Å². The molecule has 3 N–H and O–H groups in total. The molecule has 2 heterocycles. The smallest absolute Gasteiger partial charge is 0.403 e. The number of hydrogen-bond donors (Lipinski definition) is 3. The third-order valence-electron chi connectivity index (χ3n) is 4.29. The van der Waals surface area contributed by atoms with Crippen LogP contribution in [0.5, 0.6) is 11.5 Å². The fourth-order valence-electron chi connectivity index (χ4n) is 3.08. The molecule has 7 nitrogen and oxygen atoms in total. The van der Waals surface area contributed by atoms with Crippen LogP contribution < -0.4 is 9.47 Å². The summed E-state index contributed by atoms with van der Waals surface area (Å²) in [6.45, 7) is 3.78. The predicted molar refractivity (Wildman–Crippen MR) is 88.7 cm³/mol. The first-order valence-corrected chi connectivity index (χ1v) is 9.10. The van der Waals surface area contributed by atoms with Crippen LogP contribution in [0.4, 0.5) is 0 Å². The Labute approximate surface area is 140 Å². The van der Waals surface area contributed by atoms with Crippen LogP contribution >= 0.6 is 7.75 Å². The lowest BCUT2D eigenvalue weighted by atomic mass is 9.95. The Morgan fingerprint density at radius 1 is 1.54 bits per heavy atom. The number of hydrogen-bond acceptors (Lipinski definition) is 4. The summed E-state index contributed by atoms with van der Waals surface area (Å²) in [5.74, 6) is 1.11. The monoisotopic (exact) mass is 353 g/mol. The summed E-state index contributed by atoms with van der Waals surface area (Å²) in [5, 5.41) is 9.88. The Balaban J connectivity index is 2.08. The average molecular weight is 353 g/mol. The second-order valence-electron chi connectivity index (χ2n) is 5.80. The minimum atomic E-state index is -4.36. The summed E-state index contributed by atoms with van der Waals surface area (Å²) < 4.78 is 24.1. The number of aliphatic hydroxyl groups is 1. The molecule has 1 aromatic carbocycles. The zero-order valence-corrected chi connectivity index (χ0v) is 14.1. The third kappa shape index (κ3) is 3.01. The standard InChI is InChI=1S/C16H20NO6P/c1-3-11(18)8-14-12-6-7-17(24(19,20)21)9-10-4-5-13(22-2)16(23-14)15(10)12/h3-6,11,14,18H,1,7-9H2,2H3,(H2,19,20,21). The molecule has 0 amide bonds. The van der Waals surface area contributed by atoms with E-state index in [1.807, 2.05) is 0 Å². The van der Waals surface area contributed by atoms with Crippen molar-refractivity contribution in [2.24, 2.45) is 0 Å². The molecule has 0 bridgehead atoms. The number of rotatable bonds is 5. The van der Waals surface area contributed by atoms with Gasteiger partial charge in [0.15, 0.2) is 11.5 Å². The van der Waals surface area contributed by atoms with E-state index in [-0.39, 0.29) is 13.1 Å². The van der Waals surface area contributed by atoms with Gasteiger partial charge in [-0.25, -0.2) is 9.24 Å². The van der Waals surface area contributed by atoms with Gasteiger partial charge in [-0.2, -0.15) is 0 Å². The fraction of sp³-hybridized carbons (Fsp3) is 0.375. The second-order valence-corrected chi connectivity index (χ2v) is 7.39. The van der Waals surface area contributed by atoms with E-state index >= 15 is 0 Å². The minimum Gasteiger partial charge on any atom is -0.493 e. The molecule has 1 aromatic rings. The molecule has 0 spiro atoms. The molecule has 0 radical (unpaired) electrons. The number of aliphatic hydroxyl groups excluding tert-OH is 1. The molecule has 0 saturated carbocycles. The van der Waals surface area contributed by atoms with Crippen molar-refractivity contribution < 1.29 is 28.9 Å². The summed E-state index contributed by atoms with van der Waals surface area (Å²) in [6.07, 6.45) is 2.34. The van der Waals surface area contributed by atoms with Crippen LogP contribution in [0.1, 0.15) is 17.5 Å². The SMILES string of the molecule is C=CC(O)CC1Oc2c(OC)ccc3c2C1=CCN(P(=O)(O)O)C3. The largest absolute Gasteiger partial charge is 0.493 e. The van der Waals surface area contributed by atoms with Crippen LogP contribution in [0.25, 0.3) is 5.57 Å². The Bertz CT molecular complexity index is 740. The number of nitrogens with zero attached hydrogens (tertiary/aromatic N) is 1. The molecule has 130 valence electrons. The van der Waals surface area contributed by atoms with Gasteiger partial charge in [0.05, 0.1) is 13.2 Å². The molecule has 24 heavy (non-hydrogen) atoms. The maximum absolute atomic E-state index is 11.7. The average Bonchev–Trinajstić information content (AvgIpc) is 2.75. The molecule has 8 heteroatoms. The zero-order chi connectivity index (χ0) is 17.5. The molecule has 2 unspecified atom stereocenters. The lowest BCUT2D eigenvalue weighted by Crippen LogP contribution is -2.21. The quantitative estimate of drug-likeness (QED) is 0.547. The highest BCUT2D eigenvalue weighted by molar-refractivity contribution is 7.49. The van der Waals surface area contributed by atoms with Crippen molar-refractivity contribution in [2.45, 2.75) is 25.2 Å². The minimum absolute atomic E-state index is 0.0973. The molecule has 0 saturated heterocycles. The summed E-state index contributed by atoms with van der Waals surface area (Å²) in [6, 6.07) is 3.51. The highest BCUT2D eigenvalue weighted by atomic mass is 31.2. The Morgan fingerprint density at radius 3 is 2.92 bits per heavy atom. The van der Waals surface area contributed by atoms with E-state index < -0.39 is 20.0 Å². The highest BCUT2D eigenvalue weighted by Gasteiger charge is 2.38. The summed E-state index contributed by atoms with van der Waals surface area (Å²) in [7, 11) is -2.83. The first-order chi connectivity index (χ1) is 11.3.